The maximum Gasteiger partial charge on any atom is 0.257 e. The van der Waals surface area contributed by atoms with Gasteiger partial charge in [-0.15, -0.1) is 0 Å². The molecule has 0 aromatic heterocycles. The summed E-state index contributed by atoms with van der Waals surface area (Å²) in [6, 6.07) is 5.45. The molecule has 0 bridgehead atoms. The van der Waals surface area contributed by atoms with Crippen molar-refractivity contribution in [1.82, 2.24) is 10.2 Å². The van der Waals surface area contributed by atoms with E-state index in [0.29, 0.717) is 10.6 Å². The van der Waals surface area contributed by atoms with Crippen molar-refractivity contribution < 1.29 is 4.79 Å². The number of benzene rings is 1. The Morgan fingerprint density at radius 2 is 2.12 bits per heavy atom. The average molecular weight is 254 g/mol. The van der Waals surface area contributed by atoms with E-state index < -0.39 is 0 Å². The van der Waals surface area contributed by atoms with Crippen molar-refractivity contribution in [1.29, 1.82) is 0 Å². The first-order valence-electron chi connectivity index (χ1n) is 5.70. The maximum absolute atomic E-state index is 12.4. The molecule has 0 spiro atoms. The predicted molar refractivity (Wildman–Crippen MR) is 69.8 cm³/mol. The van der Waals surface area contributed by atoms with Crippen LogP contribution in [-0.2, 0) is 0 Å². The lowest BCUT2D eigenvalue weighted by Gasteiger charge is -2.28. The first-order valence-corrected chi connectivity index (χ1v) is 6.08. The molecule has 92 valence electrons. The van der Waals surface area contributed by atoms with Gasteiger partial charge in [-0.25, -0.2) is 0 Å². The molecule has 2 N–H and O–H groups in total. The lowest BCUT2D eigenvalue weighted by Crippen LogP contribution is -2.46. The Morgan fingerprint density at radius 1 is 1.41 bits per heavy atom. The summed E-state index contributed by atoms with van der Waals surface area (Å²) in [5.74, 6) is 0.00134. The van der Waals surface area contributed by atoms with Gasteiger partial charge in [0.2, 0.25) is 0 Å². The van der Waals surface area contributed by atoms with Crippen LogP contribution in [0.4, 0.5) is 5.69 Å². The minimum atomic E-state index is 0.00134. The van der Waals surface area contributed by atoms with Crippen LogP contribution in [0.25, 0.3) is 0 Å². The number of halogens is 1. The van der Waals surface area contributed by atoms with Crippen molar-refractivity contribution in [3.05, 3.63) is 28.8 Å². The molecule has 1 aliphatic heterocycles. The molecule has 0 unspecified atom stereocenters. The van der Waals surface area contributed by atoms with Crippen molar-refractivity contribution >= 4 is 23.2 Å². The molecule has 0 aliphatic carbocycles. The second kappa shape index (κ2) is 5.38. The summed E-state index contributed by atoms with van der Waals surface area (Å²) in [4.78, 5) is 14.2. The molecule has 5 heteroatoms. The third-order valence-corrected chi connectivity index (χ3v) is 3.22. The highest BCUT2D eigenvalue weighted by Crippen LogP contribution is 2.25. The van der Waals surface area contributed by atoms with E-state index in [1.807, 2.05) is 17.0 Å². The van der Waals surface area contributed by atoms with Crippen molar-refractivity contribution in [2.45, 2.75) is 0 Å². The molecule has 0 saturated carbocycles. The molecular formula is C12H16ClN3O. The number of carbonyl (C=O) groups is 1. The van der Waals surface area contributed by atoms with Crippen LogP contribution in [0.2, 0.25) is 5.02 Å². The van der Waals surface area contributed by atoms with Gasteiger partial charge in [0.25, 0.3) is 5.91 Å². The summed E-state index contributed by atoms with van der Waals surface area (Å²) in [7, 11) is 1.79. The van der Waals surface area contributed by atoms with Crippen LogP contribution >= 0.6 is 11.6 Å². The van der Waals surface area contributed by atoms with Crippen molar-refractivity contribution in [2.24, 2.45) is 0 Å². The van der Waals surface area contributed by atoms with Gasteiger partial charge in [0, 0.05) is 38.9 Å². The predicted octanol–water partition coefficient (Wildman–Crippen LogP) is 1.43. The number of carbonyl (C=O) groups excluding carboxylic acids is 1. The Labute approximate surface area is 106 Å². The molecule has 1 aromatic carbocycles. The van der Waals surface area contributed by atoms with Crippen LogP contribution < -0.4 is 10.6 Å². The zero-order valence-electron chi connectivity index (χ0n) is 9.79. The van der Waals surface area contributed by atoms with Gasteiger partial charge in [0.05, 0.1) is 10.6 Å². The van der Waals surface area contributed by atoms with Crippen molar-refractivity contribution in [3.63, 3.8) is 0 Å². The summed E-state index contributed by atoms with van der Waals surface area (Å²) in [5.41, 5.74) is 1.35. The number of nitrogens with one attached hydrogen (secondary N) is 2. The lowest BCUT2D eigenvalue weighted by molar-refractivity contribution is 0.0737. The molecule has 2 rings (SSSR count). The molecule has 1 aromatic rings. The topological polar surface area (TPSA) is 44.4 Å². The van der Waals surface area contributed by atoms with Gasteiger partial charge in [-0.05, 0) is 12.1 Å². The van der Waals surface area contributed by atoms with E-state index in [4.69, 9.17) is 11.6 Å². The van der Waals surface area contributed by atoms with Crippen LogP contribution in [0.1, 0.15) is 10.4 Å². The molecule has 1 saturated heterocycles. The van der Waals surface area contributed by atoms with Crippen LogP contribution in [0, 0.1) is 0 Å². The molecular weight excluding hydrogens is 238 g/mol. The minimum Gasteiger partial charge on any atom is -0.387 e. The van der Waals surface area contributed by atoms with E-state index in [1.54, 1.807) is 13.1 Å². The molecule has 0 atom stereocenters. The number of anilines is 1. The highest BCUT2D eigenvalue weighted by Gasteiger charge is 2.22. The minimum absolute atomic E-state index is 0.00134. The molecule has 17 heavy (non-hydrogen) atoms. The normalized spacial score (nSPS) is 15.8. The number of nitrogens with zero attached hydrogens (tertiary/aromatic N) is 1. The van der Waals surface area contributed by atoms with E-state index in [0.717, 1.165) is 31.9 Å². The van der Waals surface area contributed by atoms with Gasteiger partial charge in [-0.2, -0.15) is 0 Å². The standard InChI is InChI=1S/C12H16ClN3O/c1-14-10-4-2-3-9(13)11(10)12(17)16-7-5-15-6-8-16/h2-4,14-15H,5-8H2,1H3. The highest BCUT2D eigenvalue weighted by atomic mass is 35.5. The van der Waals surface area contributed by atoms with Gasteiger partial charge < -0.3 is 15.5 Å². The Morgan fingerprint density at radius 3 is 2.76 bits per heavy atom. The highest BCUT2D eigenvalue weighted by molar-refractivity contribution is 6.34. The fourth-order valence-corrected chi connectivity index (χ4v) is 2.23. The molecule has 1 aliphatic rings. The van der Waals surface area contributed by atoms with E-state index >= 15 is 0 Å². The van der Waals surface area contributed by atoms with E-state index in [2.05, 4.69) is 10.6 Å². The lowest BCUT2D eigenvalue weighted by atomic mass is 10.1. The quantitative estimate of drug-likeness (QED) is 0.838. The largest absolute Gasteiger partial charge is 0.387 e. The first-order chi connectivity index (χ1) is 8.24. The molecule has 1 amide bonds. The Balaban J connectivity index is 2.29. The summed E-state index contributed by atoms with van der Waals surface area (Å²) >= 11 is 6.12. The Hall–Kier alpha value is -1.26. The molecule has 1 fully saturated rings. The number of hydrogen-bond acceptors (Lipinski definition) is 3. The van der Waals surface area contributed by atoms with E-state index in [9.17, 15) is 4.79 Å². The van der Waals surface area contributed by atoms with E-state index in [1.165, 1.54) is 0 Å². The van der Waals surface area contributed by atoms with Crippen molar-refractivity contribution in [3.8, 4) is 0 Å². The third kappa shape index (κ3) is 2.53. The van der Waals surface area contributed by atoms with Crippen LogP contribution in [0.5, 0.6) is 0 Å². The Kier molecular flexibility index (Phi) is 3.86. The van der Waals surface area contributed by atoms with Crippen LogP contribution in [-0.4, -0.2) is 44.0 Å². The monoisotopic (exact) mass is 253 g/mol. The summed E-state index contributed by atoms with van der Waals surface area (Å²) in [5, 5.41) is 6.73. The molecule has 0 radical (unpaired) electrons. The van der Waals surface area contributed by atoms with Gasteiger partial charge in [-0.3, -0.25) is 4.79 Å². The van der Waals surface area contributed by atoms with Crippen LogP contribution in [0.3, 0.4) is 0 Å². The summed E-state index contributed by atoms with van der Waals surface area (Å²) < 4.78 is 0. The molecule has 4 nitrogen and oxygen atoms in total. The number of amides is 1. The zero-order valence-corrected chi connectivity index (χ0v) is 10.5. The average Bonchev–Trinajstić information content (AvgIpc) is 2.38. The SMILES string of the molecule is CNc1cccc(Cl)c1C(=O)N1CCNCC1. The van der Waals surface area contributed by atoms with Crippen molar-refractivity contribution in [2.75, 3.05) is 38.5 Å². The molecule has 1 heterocycles. The number of hydrogen-bond donors (Lipinski definition) is 2. The van der Waals surface area contributed by atoms with Gasteiger partial charge in [0.15, 0.2) is 0 Å². The fourth-order valence-electron chi connectivity index (χ4n) is 1.98. The van der Waals surface area contributed by atoms with Gasteiger partial charge >= 0.3 is 0 Å². The Bertz CT molecular complexity index is 416. The summed E-state index contributed by atoms with van der Waals surface area (Å²) in [6.07, 6.45) is 0. The second-order valence-electron chi connectivity index (χ2n) is 3.95. The second-order valence-corrected chi connectivity index (χ2v) is 4.36. The van der Waals surface area contributed by atoms with Crippen LogP contribution in [0.15, 0.2) is 18.2 Å². The first kappa shape index (κ1) is 12.2. The number of piperazine rings is 1. The fraction of sp³-hybridized carbons (Fsp3) is 0.417. The van der Waals surface area contributed by atoms with E-state index in [-0.39, 0.29) is 5.91 Å². The smallest absolute Gasteiger partial charge is 0.257 e. The number of rotatable bonds is 2. The van der Waals surface area contributed by atoms with Gasteiger partial charge in [0.1, 0.15) is 0 Å². The maximum atomic E-state index is 12.4. The van der Waals surface area contributed by atoms with Gasteiger partial charge in [-0.1, -0.05) is 17.7 Å². The zero-order chi connectivity index (χ0) is 12.3. The summed E-state index contributed by atoms with van der Waals surface area (Å²) in [6.45, 7) is 3.14. The third-order valence-electron chi connectivity index (χ3n) is 2.90.